The smallest absolute Gasteiger partial charge is 0.395 e. The zero-order chi connectivity index (χ0) is 49.7. The molecule has 1 heterocycles. The molecule has 0 fully saturated rings. The van der Waals surface area contributed by atoms with Crippen LogP contribution in [0.25, 0.3) is 0 Å². The van der Waals surface area contributed by atoms with E-state index in [0.717, 1.165) is 48.5 Å². The molecule has 5 rings (SSSR count). The molecular formula is C30H25F2N11O18S6. The number of anilines is 4. The van der Waals surface area contributed by atoms with Crippen molar-refractivity contribution < 1.29 is 87.9 Å². The molecule has 10 N–H and O–H groups in total. The van der Waals surface area contributed by atoms with E-state index < -0.39 is 146 Å². The fraction of sp³-hybridized carbons (Fsp3) is 0.0667. The van der Waals surface area contributed by atoms with Gasteiger partial charge in [-0.15, -0.1) is 35.0 Å². The summed E-state index contributed by atoms with van der Waals surface area (Å²) in [7, 11) is -25.2. The van der Waals surface area contributed by atoms with Crippen molar-refractivity contribution in [3.05, 3.63) is 78.8 Å². The van der Waals surface area contributed by atoms with Crippen LogP contribution in [-0.4, -0.2) is 87.9 Å². The number of hydrogen-bond acceptors (Lipinski definition) is 26. The van der Waals surface area contributed by atoms with Crippen LogP contribution < -0.4 is 16.8 Å². The minimum Gasteiger partial charge on any atom is -0.395 e. The molecule has 0 atom stereocenters. The molecule has 67 heavy (non-hydrogen) atoms. The first-order valence-electron chi connectivity index (χ1n) is 16.8. The maximum absolute atomic E-state index is 13.7. The molecule has 37 heteroatoms. The summed E-state index contributed by atoms with van der Waals surface area (Å²) in [6.07, 6.45) is -1.48. The standard InChI is InChI=1S/C30H25F2N11O18S6/c31-25-13-26(37-30(32)36-25)35-14-1-5-22(64(47,48)49)18(9-14)39-41-20-12-21(42-40-19-10-15(62-61-60-44)2-6-23(19)65(50,51)52)28(34)29(27(20)33)43-38-17-4-3-16(11-24(17)66(53,54)55)63(45,46)8-7-59-67(56,57)58/h1-6,9-13,44H,7-8,33-34H2,(H,35,36,37)(H,47,48,49)(H,50,51,52)(H,53,54,55)(H,56,57,58). The van der Waals surface area contributed by atoms with Gasteiger partial charge in [0.1, 0.15) is 54.6 Å². The molecule has 0 aliphatic rings. The van der Waals surface area contributed by atoms with Gasteiger partial charge in [-0.2, -0.15) is 52.4 Å². The average Bonchev–Trinajstić information content (AvgIpc) is 3.20. The molecule has 0 unspecified atom stereocenters. The number of halogens is 2. The van der Waals surface area contributed by atoms with E-state index in [9.17, 15) is 64.5 Å². The van der Waals surface area contributed by atoms with Crippen molar-refractivity contribution in [2.45, 2.75) is 24.5 Å². The highest BCUT2D eigenvalue weighted by atomic mass is 32.3. The third-order valence-corrected chi connectivity index (χ3v) is 13.2. The Morgan fingerprint density at radius 3 is 1.73 bits per heavy atom. The summed E-state index contributed by atoms with van der Waals surface area (Å²) in [5.41, 5.74) is 7.14. The van der Waals surface area contributed by atoms with Crippen LogP contribution in [0.2, 0.25) is 0 Å². The molecule has 0 saturated carbocycles. The fourth-order valence-corrected chi connectivity index (χ4v) is 8.84. The lowest BCUT2D eigenvalue weighted by molar-refractivity contribution is -0.432. The summed E-state index contributed by atoms with van der Waals surface area (Å²) in [5, 5.41) is 37.3. The van der Waals surface area contributed by atoms with E-state index in [1.165, 1.54) is 0 Å². The molecule has 0 amide bonds. The summed E-state index contributed by atoms with van der Waals surface area (Å²) in [4.78, 5) is 2.36. The molecule has 5 aromatic rings. The lowest BCUT2D eigenvalue weighted by atomic mass is 10.2. The maximum atomic E-state index is 13.7. The van der Waals surface area contributed by atoms with Crippen LogP contribution >= 0.6 is 12.0 Å². The monoisotopic (exact) mass is 1060 g/mol. The van der Waals surface area contributed by atoms with E-state index in [1.54, 1.807) is 0 Å². The number of hydrogen-bond donors (Lipinski definition) is 8. The number of aromatic nitrogens is 2. The topological polar surface area (TPSA) is 464 Å². The van der Waals surface area contributed by atoms with Crippen molar-refractivity contribution >= 4 is 120 Å². The van der Waals surface area contributed by atoms with Gasteiger partial charge in [0, 0.05) is 16.6 Å². The van der Waals surface area contributed by atoms with Crippen LogP contribution in [0.4, 0.5) is 65.8 Å². The van der Waals surface area contributed by atoms with E-state index in [0.29, 0.717) is 30.2 Å². The molecule has 0 bridgehead atoms. The molecule has 0 spiro atoms. The quantitative estimate of drug-likeness (QED) is 0.00721. The van der Waals surface area contributed by atoms with Gasteiger partial charge in [0.15, 0.2) is 9.84 Å². The van der Waals surface area contributed by atoms with Gasteiger partial charge in [0.25, 0.3) is 30.4 Å². The Hall–Kier alpha value is -6.20. The van der Waals surface area contributed by atoms with Gasteiger partial charge in [-0.25, -0.2) is 17.9 Å². The second kappa shape index (κ2) is 20.3. The number of nitrogen functional groups attached to an aromatic ring is 2. The SMILES string of the molecule is Nc1c(N=Nc2cc(Nc3cc(F)nc(F)n3)ccc2S(=O)(=O)O)cc(N=Nc2cc(SOOO)ccc2S(=O)(=O)O)c(N)c1N=Nc1ccc(S(=O)(=O)CCOS(=O)(=O)O)cc1S(=O)(=O)O. The van der Waals surface area contributed by atoms with Crippen LogP contribution in [0.3, 0.4) is 0 Å². The predicted octanol–water partition coefficient (Wildman–Crippen LogP) is 5.67. The van der Waals surface area contributed by atoms with Gasteiger partial charge in [-0.1, -0.05) is 5.04 Å². The highest BCUT2D eigenvalue weighted by molar-refractivity contribution is 7.94. The van der Waals surface area contributed by atoms with Crippen LogP contribution in [0, 0.1) is 12.0 Å². The van der Waals surface area contributed by atoms with Crippen LogP contribution in [0.15, 0.2) is 122 Å². The Morgan fingerprint density at radius 2 is 1.18 bits per heavy atom. The maximum Gasteiger partial charge on any atom is 0.397 e. The van der Waals surface area contributed by atoms with E-state index in [2.05, 4.69) is 59.5 Å². The van der Waals surface area contributed by atoms with Crippen molar-refractivity contribution in [3.8, 4) is 0 Å². The highest BCUT2D eigenvalue weighted by Gasteiger charge is 2.25. The summed E-state index contributed by atoms with van der Waals surface area (Å²) in [6, 6.07) is 8.96. The van der Waals surface area contributed by atoms with Crippen molar-refractivity contribution in [2.24, 2.45) is 30.7 Å². The summed E-state index contributed by atoms with van der Waals surface area (Å²) < 4.78 is 195. The lowest BCUT2D eigenvalue weighted by Crippen LogP contribution is -2.16. The third-order valence-electron chi connectivity index (χ3n) is 7.82. The van der Waals surface area contributed by atoms with Gasteiger partial charge >= 0.3 is 16.5 Å². The molecule has 1 aromatic heterocycles. The first kappa shape index (κ1) is 51.8. The molecule has 0 radical (unpaired) electrons. The van der Waals surface area contributed by atoms with Gasteiger partial charge in [-0.3, -0.25) is 18.2 Å². The summed E-state index contributed by atoms with van der Waals surface area (Å²) in [5.74, 6) is -2.88. The third kappa shape index (κ3) is 13.9. The van der Waals surface area contributed by atoms with Crippen LogP contribution in [0.5, 0.6) is 0 Å². The Kier molecular flexibility index (Phi) is 15.7. The average molecular weight is 1060 g/mol. The number of benzene rings is 4. The number of sulfone groups is 1. The molecule has 0 saturated heterocycles. The number of nitrogens with two attached hydrogens (primary N) is 2. The number of nitrogens with one attached hydrogen (secondary N) is 1. The minimum absolute atomic E-state index is 0.00843. The second-order valence-corrected chi connectivity index (χ2v) is 20.5. The molecule has 4 aromatic carbocycles. The fourth-order valence-electron chi connectivity index (χ4n) is 5.00. The molecule has 0 aliphatic carbocycles. The number of nitrogens with zero attached hydrogens (tertiary/aromatic N) is 8. The molecular weight excluding hydrogens is 1030 g/mol. The van der Waals surface area contributed by atoms with E-state index in [-0.39, 0.29) is 10.6 Å². The normalized spacial score (nSPS) is 13.0. The second-order valence-electron chi connectivity index (χ2n) is 12.3. The van der Waals surface area contributed by atoms with Gasteiger partial charge in [-0.05, 0) is 60.7 Å². The van der Waals surface area contributed by atoms with E-state index in [1.807, 2.05) is 0 Å². The molecule has 29 nitrogen and oxygen atoms in total. The summed E-state index contributed by atoms with van der Waals surface area (Å²) in [6.45, 7) is -1.12. The highest BCUT2D eigenvalue weighted by Crippen LogP contribution is 2.46. The minimum atomic E-state index is -5.38. The van der Waals surface area contributed by atoms with Crippen molar-refractivity contribution in [1.82, 2.24) is 9.97 Å². The van der Waals surface area contributed by atoms with Crippen molar-refractivity contribution in [2.75, 3.05) is 29.1 Å². The Morgan fingerprint density at radius 1 is 0.627 bits per heavy atom. The Balaban J connectivity index is 1.70. The molecule has 0 aliphatic heterocycles. The Labute approximate surface area is 378 Å². The predicted molar refractivity (Wildman–Crippen MR) is 222 cm³/mol. The van der Waals surface area contributed by atoms with Gasteiger partial charge < -0.3 is 16.8 Å². The van der Waals surface area contributed by atoms with Crippen LogP contribution in [0.1, 0.15) is 0 Å². The van der Waals surface area contributed by atoms with Crippen molar-refractivity contribution in [3.63, 3.8) is 0 Å². The summed E-state index contributed by atoms with van der Waals surface area (Å²) >= 11 is 0.327. The zero-order valence-corrected chi connectivity index (χ0v) is 37.1. The number of azo groups is 3. The lowest BCUT2D eigenvalue weighted by Gasteiger charge is -2.11. The largest absolute Gasteiger partial charge is 0.397 e. The first-order chi connectivity index (χ1) is 31.1. The van der Waals surface area contributed by atoms with Crippen molar-refractivity contribution in [1.29, 1.82) is 0 Å². The first-order valence-corrected chi connectivity index (χ1v) is 24.9. The van der Waals surface area contributed by atoms with Gasteiger partial charge in [0.2, 0.25) is 5.95 Å². The number of rotatable bonds is 19. The van der Waals surface area contributed by atoms with Crippen LogP contribution in [-0.2, 0) is 64.1 Å². The van der Waals surface area contributed by atoms with Gasteiger partial charge in [0.05, 0.1) is 40.7 Å². The molecule has 358 valence electrons. The van der Waals surface area contributed by atoms with E-state index in [4.69, 9.17) is 21.3 Å². The zero-order valence-electron chi connectivity index (χ0n) is 32.2. The van der Waals surface area contributed by atoms with E-state index >= 15 is 0 Å². The Bertz CT molecular complexity index is 3420.